The molecule has 0 saturated heterocycles. The molecule has 0 radical (unpaired) electrons. The number of hydrogen-bond donors (Lipinski definition) is 1. The maximum Gasteiger partial charge on any atom is 0.144 e. The van der Waals surface area contributed by atoms with Crippen molar-refractivity contribution in [2.75, 3.05) is 13.2 Å². The lowest BCUT2D eigenvalue weighted by atomic mass is 9.80. The fourth-order valence-electron chi connectivity index (χ4n) is 3.08. The number of aliphatic hydroxyl groups excluding tert-OH is 1. The Kier molecular flexibility index (Phi) is 5.78. The highest BCUT2D eigenvalue weighted by molar-refractivity contribution is 5.47. The maximum atomic E-state index is 9.00. The minimum atomic E-state index is -0.705. The number of hydrogen-bond acceptors (Lipinski definition) is 2. The molecule has 0 bridgehead atoms. The largest absolute Gasteiger partial charge is 0.392 e. The second-order valence-corrected chi connectivity index (χ2v) is 5.74. The molecule has 126 valence electrons. The molecule has 3 aromatic carbocycles. The molecule has 0 amide bonds. The summed E-state index contributed by atoms with van der Waals surface area (Å²) in [7, 11) is 0. The lowest BCUT2D eigenvalue weighted by Crippen LogP contribution is -2.33. The summed E-state index contributed by atoms with van der Waals surface area (Å²) >= 11 is 0. The van der Waals surface area contributed by atoms with E-state index in [1.54, 1.807) is 6.08 Å². The molecule has 25 heavy (non-hydrogen) atoms. The van der Waals surface area contributed by atoms with E-state index in [-0.39, 0.29) is 6.61 Å². The molecule has 0 spiro atoms. The van der Waals surface area contributed by atoms with Crippen LogP contribution in [0, 0.1) is 0 Å². The van der Waals surface area contributed by atoms with Crippen LogP contribution in [-0.2, 0) is 10.3 Å². The Bertz CT molecular complexity index is 683. The van der Waals surface area contributed by atoms with Crippen molar-refractivity contribution in [2.45, 2.75) is 5.60 Å². The second-order valence-electron chi connectivity index (χ2n) is 5.74. The Morgan fingerprint density at radius 1 is 0.640 bits per heavy atom. The Balaban J connectivity index is 2.18. The normalized spacial score (nSPS) is 11.7. The van der Waals surface area contributed by atoms with Gasteiger partial charge in [0.05, 0.1) is 13.2 Å². The molecule has 3 aromatic rings. The predicted molar refractivity (Wildman–Crippen MR) is 101 cm³/mol. The molecule has 3 rings (SSSR count). The van der Waals surface area contributed by atoms with E-state index in [0.717, 1.165) is 16.7 Å². The van der Waals surface area contributed by atoms with Gasteiger partial charge in [0.15, 0.2) is 0 Å². The fraction of sp³-hybridized carbons (Fsp3) is 0.130. The molecule has 2 heteroatoms. The molecule has 0 aliphatic rings. The summed E-state index contributed by atoms with van der Waals surface area (Å²) in [5.74, 6) is 0. The third kappa shape index (κ3) is 3.71. The highest BCUT2D eigenvalue weighted by atomic mass is 16.5. The first-order valence-corrected chi connectivity index (χ1v) is 8.44. The lowest BCUT2D eigenvalue weighted by Gasteiger charge is -2.35. The second kappa shape index (κ2) is 8.43. The van der Waals surface area contributed by atoms with Gasteiger partial charge in [0.2, 0.25) is 0 Å². The molecular weight excluding hydrogens is 308 g/mol. The maximum absolute atomic E-state index is 9.00. The molecule has 0 heterocycles. The van der Waals surface area contributed by atoms with Crippen LogP contribution in [0.2, 0.25) is 0 Å². The Morgan fingerprint density at radius 3 is 1.40 bits per heavy atom. The number of ether oxygens (including phenoxy) is 1. The van der Waals surface area contributed by atoms with Gasteiger partial charge in [0.25, 0.3) is 0 Å². The van der Waals surface area contributed by atoms with Gasteiger partial charge in [0, 0.05) is 0 Å². The quantitative estimate of drug-likeness (QED) is 0.509. The lowest BCUT2D eigenvalue weighted by molar-refractivity contribution is 0.0318. The van der Waals surface area contributed by atoms with Crippen molar-refractivity contribution in [1.29, 1.82) is 0 Å². The van der Waals surface area contributed by atoms with E-state index in [9.17, 15) is 0 Å². The zero-order valence-corrected chi connectivity index (χ0v) is 14.1. The van der Waals surface area contributed by atoms with Gasteiger partial charge in [0.1, 0.15) is 5.60 Å². The van der Waals surface area contributed by atoms with Crippen LogP contribution in [0.15, 0.2) is 103 Å². The van der Waals surface area contributed by atoms with Crippen LogP contribution in [0.3, 0.4) is 0 Å². The van der Waals surface area contributed by atoms with Gasteiger partial charge >= 0.3 is 0 Å². The zero-order chi connectivity index (χ0) is 17.4. The Hall–Kier alpha value is -2.68. The standard InChI is InChI=1S/C23H22O2/c24-18-10-11-19-25-23(20-12-4-1-5-13-20,21-14-6-2-7-15-21)22-16-8-3-9-17-22/h1-17,24H,18-19H2. The van der Waals surface area contributed by atoms with Gasteiger partial charge in [-0.1, -0.05) is 103 Å². The van der Waals surface area contributed by atoms with E-state index in [1.807, 2.05) is 60.7 Å². The van der Waals surface area contributed by atoms with Gasteiger partial charge in [-0.25, -0.2) is 0 Å². The highest BCUT2D eigenvalue weighted by Crippen LogP contribution is 2.40. The predicted octanol–water partition coefficient (Wildman–Crippen LogP) is 4.54. The highest BCUT2D eigenvalue weighted by Gasteiger charge is 2.37. The minimum absolute atomic E-state index is 0.0123. The van der Waals surface area contributed by atoms with Gasteiger partial charge in [-0.15, -0.1) is 0 Å². The van der Waals surface area contributed by atoms with Crippen LogP contribution >= 0.6 is 0 Å². The Labute approximate surface area is 149 Å². The van der Waals surface area contributed by atoms with Gasteiger partial charge in [-0.2, -0.15) is 0 Å². The van der Waals surface area contributed by atoms with Crippen LogP contribution in [0.25, 0.3) is 0 Å². The molecule has 1 N–H and O–H groups in total. The summed E-state index contributed by atoms with van der Waals surface area (Å²) < 4.78 is 6.49. The fourth-order valence-corrected chi connectivity index (χ4v) is 3.08. The number of benzene rings is 3. The number of rotatable bonds is 7. The SMILES string of the molecule is OCC=CCOC(c1ccccc1)(c1ccccc1)c1ccccc1. The summed E-state index contributed by atoms with van der Waals surface area (Å²) in [6, 6.07) is 30.8. The molecule has 0 aromatic heterocycles. The van der Waals surface area contributed by atoms with Gasteiger partial charge < -0.3 is 9.84 Å². The Morgan fingerprint density at radius 2 is 1.04 bits per heavy atom. The van der Waals surface area contributed by atoms with Crippen LogP contribution in [0.1, 0.15) is 16.7 Å². The third-order valence-corrected chi connectivity index (χ3v) is 4.21. The number of aliphatic hydroxyl groups is 1. The minimum Gasteiger partial charge on any atom is -0.392 e. The van der Waals surface area contributed by atoms with E-state index in [2.05, 4.69) is 36.4 Å². The van der Waals surface area contributed by atoms with Crippen LogP contribution in [-0.4, -0.2) is 18.3 Å². The van der Waals surface area contributed by atoms with Gasteiger partial charge in [-0.05, 0) is 16.7 Å². The molecular formula is C23H22O2. The summed E-state index contributed by atoms with van der Waals surface area (Å²) in [5.41, 5.74) is 2.52. The first-order chi connectivity index (χ1) is 12.4. The van der Waals surface area contributed by atoms with Crippen molar-refractivity contribution in [3.05, 3.63) is 120 Å². The molecule has 0 saturated carbocycles. The van der Waals surface area contributed by atoms with E-state index < -0.39 is 5.60 Å². The van der Waals surface area contributed by atoms with E-state index in [1.165, 1.54) is 0 Å². The molecule has 0 aliphatic carbocycles. The van der Waals surface area contributed by atoms with Crippen molar-refractivity contribution < 1.29 is 9.84 Å². The van der Waals surface area contributed by atoms with Crippen LogP contribution in [0.5, 0.6) is 0 Å². The summed E-state index contributed by atoms with van der Waals surface area (Å²) in [5, 5.41) is 9.00. The van der Waals surface area contributed by atoms with Crippen molar-refractivity contribution in [1.82, 2.24) is 0 Å². The average molecular weight is 330 g/mol. The smallest absolute Gasteiger partial charge is 0.144 e. The van der Waals surface area contributed by atoms with Crippen molar-refractivity contribution in [3.63, 3.8) is 0 Å². The first-order valence-electron chi connectivity index (χ1n) is 8.44. The summed E-state index contributed by atoms with van der Waals surface area (Å²) in [6.07, 6.45) is 3.55. The van der Waals surface area contributed by atoms with E-state index in [4.69, 9.17) is 9.84 Å². The van der Waals surface area contributed by atoms with Gasteiger partial charge in [-0.3, -0.25) is 0 Å². The first kappa shape index (κ1) is 17.2. The monoisotopic (exact) mass is 330 g/mol. The summed E-state index contributed by atoms with van der Waals surface area (Å²) in [6.45, 7) is 0.414. The zero-order valence-electron chi connectivity index (χ0n) is 14.1. The molecule has 0 atom stereocenters. The third-order valence-electron chi connectivity index (χ3n) is 4.21. The van der Waals surface area contributed by atoms with Crippen LogP contribution in [0.4, 0.5) is 0 Å². The molecule has 2 nitrogen and oxygen atoms in total. The average Bonchev–Trinajstić information content (AvgIpc) is 2.70. The van der Waals surface area contributed by atoms with Crippen molar-refractivity contribution in [3.8, 4) is 0 Å². The molecule has 0 aliphatic heterocycles. The van der Waals surface area contributed by atoms with E-state index >= 15 is 0 Å². The summed E-state index contributed by atoms with van der Waals surface area (Å²) in [4.78, 5) is 0. The molecule has 0 fully saturated rings. The van der Waals surface area contributed by atoms with Crippen molar-refractivity contribution >= 4 is 0 Å². The molecule has 0 unspecified atom stereocenters. The van der Waals surface area contributed by atoms with E-state index in [0.29, 0.717) is 6.61 Å². The topological polar surface area (TPSA) is 29.5 Å². The van der Waals surface area contributed by atoms with Crippen LogP contribution < -0.4 is 0 Å². The van der Waals surface area contributed by atoms with Crippen molar-refractivity contribution in [2.24, 2.45) is 0 Å².